The minimum absolute atomic E-state index is 0. The molecule has 2 heterocycles. The summed E-state index contributed by atoms with van der Waals surface area (Å²) in [6, 6.07) is 0.353. The van der Waals surface area contributed by atoms with Crippen molar-refractivity contribution < 1.29 is 17.9 Å². The van der Waals surface area contributed by atoms with Gasteiger partial charge in [-0.05, 0) is 19.3 Å². The number of guanidine groups is 1. The number of methoxy groups -OCH3 is 1. The van der Waals surface area contributed by atoms with E-state index in [0.29, 0.717) is 30.0 Å². The van der Waals surface area contributed by atoms with Crippen molar-refractivity contribution in [3.63, 3.8) is 0 Å². The van der Waals surface area contributed by atoms with Crippen molar-refractivity contribution in [2.75, 3.05) is 46.9 Å². The highest BCUT2D eigenvalue weighted by Gasteiger charge is 2.33. The number of aliphatic imine (C=N–C) groups is 1. The molecule has 2 rings (SSSR count). The van der Waals surface area contributed by atoms with E-state index in [-0.39, 0.29) is 24.0 Å². The number of piperidine rings is 1. The molecule has 1 aliphatic rings. The molecule has 1 aliphatic heterocycles. The van der Waals surface area contributed by atoms with Crippen LogP contribution in [-0.4, -0.2) is 68.8 Å². The summed E-state index contributed by atoms with van der Waals surface area (Å²) in [5.74, 6) is 0.681. The van der Waals surface area contributed by atoms with Gasteiger partial charge < -0.3 is 20.3 Å². The molecule has 162 valence electrons. The van der Waals surface area contributed by atoms with Gasteiger partial charge in [0.2, 0.25) is 0 Å². The average Bonchev–Trinajstić information content (AvgIpc) is 3.12. The van der Waals surface area contributed by atoms with Crippen molar-refractivity contribution in [1.82, 2.24) is 20.5 Å². The van der Waals surface area contributed by atoms with Crippen LogP contribution in [0.15, 0.2) is 10.4 Å². The molecule has 0 aromatic carbocycles. The highest BCUT2D eigenvalue weighted by atomic mass is 127. The minimum Gasteiger partial charge on any atom is -0.385 e. The van der Waals surface area contributed by atoms with Gasteiger partial charge in [-0.2, -0.15) is 13.2 Å². The van der Waals surface area contributed by atoms with Crippen LogP contribution in [0.1, 0.15) is 30.0 Å². The average molecular weight is 535 g/mol. The monoisotopic (exact) mass is 535 g/mol. The molecular weight excluding hydrogens is 506 g/mol. The number of hydrogen-bond donors (Lipinski definition) is 2. The Hall–Kier alpha value is -0.660. The Morgan fingerprint density at radius 1 is 1.39 bits per heavy atom. The van der Waals surface area contributed by atoms with E-state index in [4.69, 9.17) is 4.74 Å². The maximum absolute atomic E-state index is 12.6. The van der Waals surface area contributed by atoms with E-state index in [9.17, 15) is 13.2 Å². The first-order valence-electron chi connectivity index (χ1n) is 9.12. The van der Waals surface area contributed by atoms with Crippen molar-refractivity contribution in [2.24, 2.45) is 4.99 Å². The van der Waals surface area contributed by atoms with Gasteiger partial charge in [0.1, 0.15) is 0 Å². The number of halogens is 4. The summed E-state index contributed by atoms with van der Waals surface area (Å²) in [4.78, 5) is 10.3. The van der Waals surface area contributed by atoms with E-state index in [0.717, 1.165) is 62.2 Å². The van der Waals surface area contributed by atoms with Gasteiger partial charge in [0.25, 0.3) is 0 Å². The number of thiazole rings is 1. The standard InChI is InChI=1S/C17H28F3N5OS.HI/c1-21-16(22-7-4-15-24-14(12-27-15)17(18,19)20)23-13-5-9-25(10-6-13)8-3-11-26-2;/h12-13H,3-11H2,1-2H3,(H2,21,22,23);1H. The molecule has 0 saturated carbocycles. The molecule has 0 amide bonds. The summed E-state index contributed by atoms with van der Waals surface area (Å²) in [5, 5.41) is 8.09. The quantitative estimate of drug-likeness (QED) is 0.232. The zero-order valence-corrected chi connectivity index (χ0v) is 19.4. The van der Waals surface area contributed by atoms with Crippen molar-refractivity contribution in [1.29, 1.82) is 0 Å². The second-order valence-corrected chi connectivity index (χ2v) is 7.42. The van der Waals surface area contributed by atoms with Crippen molar-refractivity contribution >= 4 is 41.3 Å². The first kappa shape index (κ1) is 25.4. The molecule has 1 aromatic rings. The third kappa shape index (κ3) is 8.78. The lowest BCUT2D eigenvalue weighted by Crippen LogP contribution is -2.49. The number of nitrogens with zero attached hydrogens (tertiary/aromatic N) is 3. The Morgan fingerprint density at radius 2 is 2.11 bits per heavy atom. The first-order valence-corrected chi connectivity index (χ1v) is 10.0. The zero-order valence-electron chi connectivity index (χ0n) is 16.2. The van der Waals surface area contributed by atoms with Crippen LogP contribution in [0, 0.1) is 0 Å². The van der Waals surface area contributed by atoms with Gasteiger partial charge in [-0.15, -0.1) is 35.3 Å². The fourth-order valence-electron chi connectivity index (χ4n) is 2.97. The molecule has 11 heteroatoms. The Balaban J connectivity index is 0.00000392. The van der Waals surface area contributed by atoms with Crippen LogP contribution in [0.3, 0.4) is 0 Å². The maximum Gasteiger partial charge on any atom is 0.434 e. The van der Waals surface area contributed by atoms with E-state index in [2.05, 4.69) is 25.5 Å². The smallest absolute Gasteiger partial charge is 0.385 e. The number of nitrogens with one attached hydrogen (secondary N) is 2. The SMILES string of the molecule is CN=C(NCCc1nc(C(F)(F)F)cs1)NC1CCN(CCCOC)CC1.I. The summed E-state index contributed by atoms with van der Waals surface area (Å²) in [6.07, 6.45) is -0.827. The van der Waals surface area contributed by atoms with Crippen molar-refractivity contribution in [3.05, 3.63) is 16.1 Å². The summed E-state index contributed by atoms with van der Waals surface area (Å²) in [5.41, 5.74) is -0.817. The number of alkyl halides is 3. The maximum atomic E-state index is 12.6. The Labute approximate surface area is 185 Å². The molecule has 0 atom stereocenters. The molecule has 2 N–H and O–H groups in total. The fourth-order valence-corrected chi connectivity index (χ4v) is 3.77. The van der Waals surface area contributed by atoms with Crippen LogP contribution >= 0.6 is 35.3 Å². The van der Waals surface area contributed by atoms with E-state index in [1.807, 2.05) is 0 Å². The molecule has 1 aromatic heterocycles. The van der Waals surface area contributed by atoms with Crippen molar-refractivity contribution in [3.8, 4) is 0 Å². The lowest BCUT2D eigenvalue weighted by atomic mass is 10.1. The number of ether oxygens (including phenoxy) is 1. The van der Waals surface area contributed by atoms with Gasteiger partial charge in [-0.1, -0.05) is 0 Å². The highest BCUT2D eigenvalue weighted by molar-refractivity contribution is 14.0. The van der Waals surface area contributed by atoms with Gasteiger partial charge in [0.05, 0.1) is 5.01 Å². The molecule has 1 fully saturated rings. The number of likely N-dealkylation sites (tertiary alicyclic amines) is 1. The van der Waals surface area contributed by atoms with E-state index >= 15 is 0 Å². The van der Waals surface area contributed by atoms with Crippen LogP contribution in [0.2, 0.25) is 0 Å². The Kier molecular flexibility index (Phi) is 11.6. The fraction of sp³-hybridized carbons (Fsp3) is 0.765. The molecule has 0 radical (unpaired) electrons. The lowest BCUT2D eigenvalue weighted by Gasteiger charge is -2.33. The normalized spacial score (nSPS) is 16.7. The summed E-state index contributed by atoms with van der Waals surface area (Å²) in [7, 11) is 3.42. The van der Waals surface area contributed by atoms with Crippen LogP contribution in [0.5, 0.6) is 0 Å². The first-order chi connectivity index (χ1) is 12.9. The Morgan fingerprint density at radius 3 is 2.68 bits per heavy atom. The largest absolute Gasteiger partial charge is 0.434 e. The van der Waals surface area contributed by atoms with Crippen molar-refractivity contribution in [2.45, 2.75) is 37.9 Å². The molecule has 28 heavy (non-hydrogen) atoms. The number of rotatable bonds is 8. The van der Waals surface area contributed by atoms with Crippen LogP contribution in [0.4, 0.5) is 13.2 Å². The van der Waals surface area contributed by atoms with Gasteiger partial charge in [-0.25, -0.2) is 4.98 Å². The minimum atomic E-state index is -4.38. The van der Waals surface area contributed by atoms with Crippen LogP contribution < -0.4 is 10.6 Å². The van der Waals surface area contributed by atoms with Gasteiger partial charge in [0.15, 0.2) is 11.7 Å². The molecule has 0 bridgehead atoms. The second kappa shape index (κ2) is 12.8. The zero-order chi connectivity index (χ0) is 19.7. The van der Waals surface area contributed by atoms with Gasteiger partial charge in [0, 0.05) is 64.8 Å². The van der Waals surface area contributed by atoms with Gasteiger partial charge >= 0.3 is 6.18 Å². The number of aromatic nitrogens is 1. The topological polar surface area (TPSA) is 61.8 Å². The molecular formula is C17H29F3IN5OS. The summed E-state index contributed by atoms with van der Waals surface area (Å²) < 4.78 is 42.8. The van der Waals surface area contributed by atoms with Crippen LogP contribution in [0.25, 0.3) is 0 Å². The predicted molar refractivity (Wildman–Crippen MR) is 117 cm³/mol. The lowest BCUT2D eigenvalue weighted by molar-refractivity contribution is -0.140. The Bertz CT molecular complexity index is 592. The van der Waals surface area contributed by atoms with E-state index < -0.39 is 11.9 Å². The van der Waals surface area contributed by atoms with Crippen LogP contribution in [-0.2, 0) is 17.3 Å². The summed E-state index contributed by atoms with van der Waals surface area (Å²) in [6.45, 7) is 4.41. The third-order valence-electron chi connectivity index (χ3n) is 4.45. The second-order valence-electron chi connectivity index (χ2n) is 6.48. The third-order valence-corrected chi connectivity index (χ3v) is 5.36. The molecule has 0 spiro atoms. The highest BCUT2D eigenvalue weighted by Crippen LogP contribution is 2.29. The van der Waals surface area contributed by atoms with Gasteiger partial charge in [-0.3, -0.25) is 4.99 Å². The molecule has 0 aliphatic carbocycles. The number of hydrogen-bond acceptors (Lipinski definition) is 5. The predicted octanol–water partition coefficient (Wildman–Crippen LogP) is 2.99. The molecule has 1 saturated heterocycles. The summed E-state index contributed by atoms with van der Waals surface area (Å²) >= 11 is 1.03. The van der Waals surface area contributed by atoms with E-state index in [1.54, 1.807) is 14.2 Å². The molecule has 0 unspecified atom stereocenters. The molecule has 6 nitrogen and oxygen atoms in total. The van der Waals surface area contributed by atoms with E-state index in [1.165, 1.54) is 0 Å².